The molecule has 0 amide bonds. The summed E-state index contributed by atoms with van der Waals surface area (Å²) < 4.78 is 12.9. The standard InChI is InChI=1S/C30H29N7O3/c38-30-24(15-23-16-26-27(40-20-39-26)17-25(23)31-30)28(29-32-33-34-37(29)19-22-9-5-2-6-10-22)36-13-11-35(12-14-36)18-21-7-3-1-4-8-21/h1-10,15-17,28H,11-14,18-20H2,(H,31,38)/t28-/m1/s1. The number of benzene rings is 3. The zero-order valence-electron chi connectivity index (χ0n) is 21.9. The minimum atomic E-state index is -0.420. The zero-order chi connectivity index (χ0) is 26.9. The molecule has 10 nitrogen and oxygen atoms in total. The predicted molar refractivity (Wildman–Crippen MR) is 149 cm³/mol. The van der Waals surface area contributed by atoms with Gasteiger partial charge in [-0.1, -0.05) is 60.7 Å². The van der Waals surface area contributed by atoms with Crippen LogP contribution in [-0.4, -0.2) is 68.0 Å². The number of aromatic nitrogens is 5. The third-order valence-electron chi connectivity index (χ3n) is 7.66. The van der Waals surface area contributed by atoms with E-state index in [1.165, 1.54) is 5.56 Å². The minimum Gasteiger partial charge on any atom is -0.454 e. The van der Waals surface area contributed by atoms with Crippen LogP contribution in [-0.2, 0) is 13.1 Å². The number of H-pyrrole nitrogens is 1. The Morgan fingerprint density at radius 2 is 1.50 bits per heavy atom. The number of nitrogens with zero attached hydrogens (tertiary/aromatic N) is 6. The number of tetrazole rings is 1. The van der Waals surface area contributed by atoms with E-state index in [0.717, 1.165) is 43.7 Å². The lowest BCUT2D eigenvalue weighted by Gasteiger charge is -2.38. The van der Waals surface area contributed by atoms with Crippen molar-refractivity contribution in [3.8, 4) is 11.5 Å². The Hall–Kier alpha value is -4.54. The number of nitrogens with one attached hydrogen (secondary N) is 1. The van der Waals surface area contributed by atoms with Gasteiger partial charge in [-0.3, -0.25) is 14.6 Å². The van der Waals surface area contributed by atoms with Gasteiger partial charge in [0, 0.05) is 49.7 Å². The fourth-order valence-corrected chi connectivity index (χ4v) is 5.61. The topological polar surface area (TPSA) is 101 Å². The summed E-state index contributed by atoms with van der Waals surface area (Å²) in [6.07, 6.45) is 0. The summed E-state index contributed by atoms with van der Waals surface area (Å²) in [5.41, 5.74) is 3.52. The number of aromatic amines is 1. The summed E-state index contributed by atoms with van der Waals surface area (Å²) in [6.45, 7) is 4.87. The van der Waals surface area contributed by atoms with E-state index in [2.05, 4.69) is 54.6 Å². The van der Waals surface area contributed by atoms with Crippen molar-refractivity contribution >= 4 is 10.9 Å². The molecule has 2 aromatic heterocycles. The molecule has 7 rings (SSSR count). The highest BCUT2D eigenvalue weighted by Gasteiger charge is 2.33. The Kier molecular flexibility index (Phi) is 6.46. The van der Waals surface area contributed by atoms with Gasteiger partial charge in [0.15, 0.2) is 17.3 Å². The maximum Gasteiger partial charge on any atom is 0.253 e. The van der Waals surface area contributed by atoms with Crippen molar-refractivity contribution in [3.05, 3.63) is 112 Å². The van der Waals surface area contributed by atoms with Gasteiger partial charge >= 0.3 is 0 Å². The van der Waals surface area contributed by atoms with E-state index in [1.54, 1.807) is 4.68 Å². The Morgan fingerprint density at radius 1 is 0.825 bits per heavy atom. The summed E-state index contributed by atoms with van der Waals surface area (Å²) >= 11 is 0. The first-order chi connectivity index (χ1) is 19.7. The summed E-state index contributed by atoms with van der Waals surface area (Å²) in [4.78, 5) is 21.5. The van der Waals surface area contributed by atoms with E-state index in [9.17, 15) is 4.79 Å². The highest BCUT2D eigenvalue weighted by Crippen LogP contribution is 2.36. The molecule has 1 N–H and O–H groups in total. The fraction of sp³-hybridized carbons (Fsp3) is 0.267. The molecule has 0 saturated carbocycles. The van der Waals surface area contributed by atoms with Gasteiger partial charge in [0.25, 0.3) is 5.56 Å². The highest BCUT2D eigenvalue weighted by molar-refractivity contribution is 5.83. The predicted octanol–water partition coefficient (Wildman–Crippen LogP) is 3.20. The number of hydrogen-bond acceptors (Lipinski definition) is 8. The third-order valence-corrected chi connectivity index (χ3v) is 7.66. The zero-order valence-corrected chi connectivity index (χ0v) is 21.9. The number of ether oxygens (including phenoxy) is 2. The first kappa shape index (κ1) is 24.5. The fourth-order valence-electron chi connectivity index (χ4n) is 5.61. The van der Waals surface area contributed by atoms with Gasteiger partial charge in [0.1, 0.15) is 6.04 Å². The van der Waals surface area contributed by atoms with Crippen molar-refractivity contribution < 1.29 is 9.47 Å². The van der Waals surface area contributed by atoms with E-state index in [1.807, 2.05) is 54.6 Å². The quantitative estimate of drug-likeness (QED) is 0.339. The van der Waals surface area contributed by atoms with Gasteiger partial charge < -0.3 is 14.5 Å². The molecule has 0 aliphatic carbocycles. The van der Waals surface area contributed by atoms with Crippen molar-refractivity contribution in [2.45, 2.75) is 19.1 Å². The maximum atomic E-state index is 13.6. The van der Waals surface area contributed by atoms with Crippen LogP contribution in [0, 0.1) is 0 Å². The lowest BCUT2D eigenvalue weighted by atomic mass is 10.0. The molecule has 1 atom stereocenters. The van der Waals surface area contributed by atoms with Gasteiger partial charge in [-0.05, 0) is 33.7 Å². The lowest BCUT2D eigenvalue weighted by molar-refractivity contribution is 0.0998. The van der Waals surface area contributed by atoms with E-state index < -0.39 is 6.04 Å². The molecule has 2 aliphatic rings. The Morgan fingerprint density at radius 3 is 2.23 bits per heavy atom. The second-order valence-electron chi connectivity index (χ2n) is 10.2. The maximum absolute atomic E-state index is 13.6. The van der Waals surface area contributed by atoms with Crippen molar-refractivity contribution in [1.82, 2.24) is 35.0 Å². The number of hydrogen-bond donors (Lipinski definition) is 1. The van der Waals surface area contributed by atoms with Crippen molar-refractivity contribution in [1.29, 1.82) is 0 Å². The smallest absolute Gasteiger partial charge is 0.253 e. The van der Waals surface area contributed by atoms with Crippen molar-refractivity contribution in [3.63, 3.8) is 0 Å². The average Bonchev–Trinajstić information content (AvgIpc) is 3.63. The van der Waals surface area contributed by atoms with E-state index in [0.29, 0.717) is 34.9 Å². The average molecular weight is 536 g/mol. The van der Waals surface area contributed by atoms with Gasteiger partial charge in [0.2, 0.25) is 6.79 Å². The third kappa shape index (κ3) is 4.83. The van der Waals surface area contributed by atoms with Crippen LogP contribution in [0.5, 0.6) is 11.5 Å². The van der Waals surface area contributed by atoms with E-state index >= 15 is 0 Å². The summed E-state index contributed by atoms with van der Waals surface area (Å²) in [7, 11) is 0. The Balaban J connectivity index is 1.25. The molecule has 0 bridgehead atoms. The molecule has 2 aliphatic heterocycles. The first-order valence-electron chi connectivity index (χ1n) is 13.5. The van der Waals surface area contributed by atoms with Crippen molar-refractivity contribution in [2.75, 3.05) is 33.0 Å². The van der Waals surface area contributed by atoms with Crippen LogP contribution in [0.25, 0.3) is 10.9 Å². The molecule has 10 heteroatoms. The van der Waals surface area contributed by atoms with Crippen LogP contribution in [0.1, 0.15) is 28.6 Å². The number of fused-ring (bicyclic) bond motifs is 2. The molecule has 0 unspecified atom stereocenters. The SMILES string of the molecule is O=c1[nH]c2cc3c(cc2cc1[C@H](c1nnnn1Cc1ccccc1)N1CCN(Cc2ccccc2)CC1)OCO3. The summed E-state index contributed by atoms with van der Waals surface area (Å²) in [5.74, 6) is 1.95. The summed E-state index contributed by atoms with van der Waals surface area (Å²) in [5, 5.41) is 13.7. The molecule has 0 radical (unpaired) electrons. The molecule has 5 aromatic rings. The second kappa shape index (κ2) is 10.6. The van der Waals surface area contributed by atoms with Crippen LogP contribution in [0.3, 0.4) is 0 Å². The monoisotopic (exact) mass is 535 g/mol. The van der Waals surface area contributed by atoms with Gasteiger partial charge in [-0.15, -0.1) is 5.10 Å². The van der Waals surface area contributed by atoms with Crippen LogP contribution in [0.2, 0.25) is 0 Å². The summed E-state index contributed by atoms with van der Waals surface area (Å²) in [6, 6.07) is 25.9. The Bertz CT molecular complexity index is 1680. The van der Waals surface area contributed by atoms with Crippen LogP contribution in [0.15, 0.2) is 83.7 Å². The number of piperazine rings is 1. The van der Waals surface area contributed by atoms with Gasteiger partial charge in [-0.2, -0.15) is 0 Å². The molecule has 40 heavy (non-hydrogen) atoms. The molecule has 4 heterocycles. The molecular weight excluding hydrogens is 506 g/mol. The van der Waals surface area contributed by atoms with Gasteiger partial charge in [-0.25, -0.2) is 4.68 Å². The van der Waals surface area contributed by atoms with Crippen molar-refractivity contribution in [2.24, 2.45) is 0 Å². The number of rotatable bonds is 7. The molecule has 1 saturated heterocycles. The van der Waals surface area contributed by atoms with Crippen LogP contribution in [0.4, 0.5) is 0 Å². The second-order valence-corrected chi connectivity index (χ2v) is 10.2. The molecule has 3 aromatic carbocycles. The van der Waals surface area contributed by atoms with Crippen LogP contribution < -0.4 is 15.0 Å². The van der Waals surface area contributed by atoms with E-state index in [4.69, 9.17) is 9.47 Å². The molecule has 202 valence electrons. The largest absolute Gasteiger partial charge is 0.454 e. The lowest BCUT2D eigenvalue weighted by Crippen LogP contribution is -2.48. The minimum absolute atomic E-state index is 0.169. The normalized spacial score (nSPS) is 16.4. The van der Waals surface area contributed by atoms with E-state index in [-0.39, 0.29) is 12.4 Å². The molecule has 0 spiro atoms. The highest BCUT2D eigenvalue weighted by atomic mass is 16.7. The number of pyridine rings is 1. The molecular formula is C30H29N7O3. The van der Waals surface area contributed by atoms with Gasteiger partial charge in [0.05, 0.1) is 12.1 Å². The Labute approximate surface area is 230 Å². The first-order valence-corrected chi connectivity index (χ1v) is 13.5. The van der Waals surface area contributed by atoms with Crippen LogP contribution >= 0.6 is 0 Å². The molecule has 1 fully saturated rings.